The van der Waals surface area contributed by atoms with Crippen LogP contribution in [0.1, 0.15) is 18.3 Å². The molecule has 0 atom stereocenters. The first kappa shape index (κ1) is 15.4. The van der Waals surface area contributed by atoms with Crippen LogP contribution < -0.4 is 0 Å². The highest BCUT2D eigenvalue weighted by atomic mass is 19.1. The van der Waals surface area contributed by atoms with Crippen molar-refractivity contribution >= 4 is 11.0 Å². The highest BCUT2D eigenvalue weighted by Gasteiger charge is 2.15. The summed E-state index contributed by atoms with van der Waals surface area (Å²) in [6.45, 7) is 3.81. The molecular weight excluding hydrogens is 315 g/mol. The molecule has 0 saturated carbocycles. The molecule has 4 rings (SSSR count). The van der Waals surface area contributed by atoms with E-state index in [2.05, 4.69) is 15.0 Å². The van der Waals surface area contributed by atoms with E-state index in [-0.39, 0.29) is 5.82 Å². The van der Waals surface area contributed by atoms with Crippen molar-refractivity contribution in [2.24, 2.45) is 0 Å². The molecule has 0 aliphatic carbocycles. The van der Waals surface area contributed by atoms with Gasteiger partial charge in [0.25, 0.3) is 0 Å². The fourth-order valence-corrected chi connectivity index (χ4v) is 2.92. The van der Waals surface area contributed by atoms with Gasteiger partial charge in [0.05, 0.1) is 22.4 Å². The van der Waals surface area contributed by atoms with Crippen molar-refractivity contribution in [3.63, 3.8) is 0 Å². The van der Waals surface area contributed by atoms with Crippen LogP contribution in [0.2, 0.25) is 0 Å². The first-order chi connectivity index (χ1) is 12.2. The third kappa shape index (κ3) is 2.78. The summed E-state index contributed by atoms with van der Waals surface area (Å²) in [5, 5.41) is 0. The highest BCUT2D eigenvalue weighted by Crippen LogP contribution is 2.32. The third-order valence-electron chi connectivity index (χ3n) is 4.28. The Morgan fingerprint density at radius 3 is 2.48 bits per heavy atom. The topological polar surface area (TPSA) is 54.5 Å². The molecule has 4 nitrogen and oxygen atoms in total. The molecule has 124 valence electrons. The van der Waals surface area contributed by atoms with Gasteiger partial charge in [-0.3, -0.25) is 9.97 Å². The van der Waals surface area contributed by atoms with Gasteiger partial charge in [-0.15, -0.1) is 0 Å². The molecule has 4 aromatic rings. The van der Waals surface area contributed by atoms with Gasteiger partial charge >= 0.3 is 0 Å². The lowest BCUT2D eigenvalue weighted by Gasteiger charge is -2.06. The van der Waals surface area contributed by atoms with E-state index in [1.807, 2.05) is 31.2 Å². The minimum atomic E-state index is -0.211. The van der Waals surface area contributed by atoms with Crippen molar-refractivity contribution in [3.8, 4) is 22.5 Å². The highest BCUT2D eigenvalue weighted by molar-refractivity contribution is 5.85. The zero-order valence-corrected chi connectivity index (χ0v) is 14.0. The number of aromatic amines is 1. The number of hydrogen-bond donors (Lipinski definition) is 1. The van der Waals surface area contributed by atoms with Crippen LogP contribution in [0, 0.1) is 12.7 Å². The lowest BCUT2D eigenvalue weighted by atomic mass is 10.0. The zero-order chi connectivity index (χ0) is 17.4. The maximum atomic E-state index is 13.6. The zero-order valence-electron chi connectivity index (χ0n) is 14.0. The van der Waals surface area contributed by atoms with E-state index in [1.165, 1.54) is 6.07 Å². The van der Waals surface area contributed by atoms with Crippen molar-refractivity contribution in [2.75, 3.05) is 0 Å². The van der Waals surface area contributed by atoms with Crippen molar-refractivity contribution < 1.29 is 4.39 Å². The standard InChI is InChI=1S/C20H17FN4/c1-3-18-24-19(13-4-6-15(21)12(2)10-13)20(25-18)14-5-7-16-17(11-14)23-9-8-22-16/h4-11H,3H2,1-2H3,(H,24,25). The maximum Gasteiger partial charge on any atom is 0.126 e. The lowest BCUT2D eigenvalue weighted by Crippen LogP contribution is -1.89. The maximum absolute atomic E-state index is 13.6. The van der Waals surface area contributed by atoms with Gasteiger partial charge in [0.15, 0.2) is 0 Å². The van der Waals surface area contributed by atoms with Crippen LogP contribution in [-0.2, 0) is 6.42 Å². The summed E-state index contributed by atoms with van der Waals surface area (Å²) in [5.41, 5.74) is 5.89. The monoisotopic (exact) mass is 332 g/mol. The summed E-state index contributed by atoms with van der Waals surface area (Å²) in [7, 11) is 0. The summed E-state index contributed by atoms with van der Waals surface area (Å²) in [4.78, 5) is 16.8. The van der Waals surface area contributed by atoms with Crippen LogP contribution in [0.25, 0.3) is 33.5 Å². The Balaban J connectivity index is 1.90. The number of nitrogens with one attached hydrogen (secondary N) is 1. The molecule has 2 aromatic heterocycles. The normalized spacial score (nSPS) is 11.2. The average molecular weight is 332 g/mol. The quantitative estimate of drug-likeness (QED) is 0.592. The van der Waals surface area contributed by atoms with Crippen molar-refractivity contribution in [1.82, 2.24) is 19.9 Å². The predicted molar refractivity (Wildman–Crippen MR) is 96.6 cm³/mol. The Morgan fingerprint density at radius 2 is 1.72 bits per heavy atom. The van der Waals surface area contributed by atoms with E-state index in [0.717, 1.165) is 45.8 Å². The molecule has 1 N–H and O–H groups in total. The fourth-order valence-electron chi connectivity index (χ4n) is 2.92. The van der Waals surface area contributed by atoms with Crippen molar-refractivity contribution in [2.45, 2.75) is 20.3 Å². The van der Waals surface area contributed by atoms with Gasteiger partial charge in [-0.1, -0.05) is 13.0 Å². The minimum absolute atomic E-state index is 0.211. The van der Waals surface area contributed by atoms with E-state index in [1.54, 1.807) is 25.4 Å². The molecule has 5 heteroatoms. The largest absolute Gasteiger partial charge is 0.341 e. The second-order valence-corrected chi connectivity index (χ2v) is 5.98. The molecule has 0 aliphatic heterocycles. The van der Waals surface area contributed by atoms with Crippen molar-refractivity contribution in [3.05, 3.63) is 66.0 Å². The predicted octanol–water partition coefficient (Wildman–Crippen LogP) is 4.70. The van der Waals surface area contributed by atoms with Gasteiger partial charge < -0.3 is 4.98 Å². The second-order valence-electron chi connectivity index (χ2n) is 5.98. The summed E-state index contributed by atoms with van der Waals surface area (Å²) in [5.74, 6) is 0.684. The number of H-pyrrole nitrogens is 1. The molecule has 0 spiro atoms. The molecule has 25 heavy (non-hydrogen) atoms. The van der Waals surface area contributed by atoms with Crippen LogP contribution in [0.5, 0.6) is 0 Å². The first-order valence-electron chi connectivity index (χ1n) is 8.22. The Morgan fingerprint density at radius 1 is 0.960 bits per heavy atom. The van der Waals surface area contributed by atoms with Gasteiger partial charge in [0, 0.05) is 29.9 Å². The number of aromatic nitrogens is 4. The first-order valence-corrected chi connectivity index (χ1v) is 8.22. The number of halogens is 1. The molecule has 0 aliphatic rings. The number of rotatable bonds is 3. The van der Waals surface area contributed by atoms with E-state index in [9.17, 15) is 4.39 Å². The number of aryl methyl sites for hydroxylation is 2. The van der Waals surface area contributed by atoms with Gasteiger partial charge in [-0.25, -0.2) is 9.37 Å². The summed E-state index contributed by atoms with van der Waals surface area (Å²) >= 11 is 0. The summed E-state index contributed by atoms with van der Waals surface area (Å²) < 4.78 is 13.6. The Labute approximate surface area is 144 Å². The number of hydrogen-bond acceptors (Lipinski definition) is 3. The molecule has 0 amide bonds. The molecule has 0 unspecified atom stereocenters. The van der Waals surface area contributed by atoms with Crippen LogP contribution in [0.4, 0.5) is 4.39 Å². The second kappa shape index (κ2) is 6.09. The van der Waals surface area contributed by atoms with Crippen LogP contribution in [-0.4, -0.2) is 19.9 Å². The Hall–Kier alpha value is -3.08. The van der Waals surface area contributed by atoms with Crippen LogP contribution >= 0.6 is 0 Å². The molecular formula is C20H17FN4. The molecule has 2 aromatic carbocycles. The average Bonchev–Trinajstić information content (AvgIpc) is 3.08. The molecule has 0 radical (unpaired) electrons. The number of imidazole rings is 1. The van der Waals surface area contributed by atoms with Crippen molar-refractivity contribution in [1.29, 1.82) is 0 Å². The number of benzene rings is 2. The number of fused-ring (bicyclic) bond motifs is 1. The van der Waals surface area contributed by atoms with Gasteiger partial charge in [0.2, 0.25) is 0 Å². The van der Waals surface area contributed by atoms with E-state index >= 15 is 0 Å². The molecule has 0 fully saturated rings. The fraction of sp³-hybridized carbons (Fsp3) is 0.150. The van der Waals surface area contributed by atoms with Gasteiger partial charge in [-0.05, 0) is 42.8 Å². The minimum Gasteiger partial charge on any atom is -0.341 e. The molecule has 0 bridgehead atoms. The lowest BCUT2D eigenvalue weighted by molar-refractivity contribution is 0.619. The van der Waals surface area contributed by atoms with Crippen LogP contribution in [0.15, 0.2) is 48.8 Å². The molecule has 0 saturated heterocycles. The van der Waals surface area contributed by atoms with Crippen LogP contribution in [0.3, 0.4) is 0 Å². The van der Waals surface area contributed by atoms with Gasteiger partial charge in [0.1, 0.15) is 11.6 Å². The third-order valence-corrected chi connectivity index (χ3v) is 4.28. The number of nitrogens with zero attached hydrogens (tertiary/aromatic N) is 3. The Bertz CT molecular complexity index is 1070. The molecule has 2 heterocycles. The van der Waals surface area contributed by atoms with E-state index in [4.69, 9.17) is 4.98 Å². The summed E-state index contributed by atoms with van der Waals surface area (Å²) in [6.07, 6.45) is 4.15. The summed E-state index contributed by atoms with van der Waals surface area (Å²) in [6, 6.07) is 11.0. The smallest absolute Gasteiger partial charge is 0.126 e. The van der Waals surface area contributed by atoms with E-state index < -0.39 is 0 Å². The Kier molecular flexibility index (Phi) is 3.76. The van der Waals surface area contributed by atoms with Gasteiger partial charge in [-0.2, -0.15) is 0 Å². The SMILES string of the molecule is CCc1nc(-c2ccc(F)c(C)c2)c(-c2ccc3nccnc3c2)[nH]1. The van der Waals surface area contributed by atoms with E-state index in [0.29, 0.717) is 5.56 Å².